The highest BCUT2D eigenvalue weighted by Crippen LogP contribution is 2.29. The number of nitrogens with one attached hydrogen (secondary N) is 1. The molecule has 6 heteroatoms. The van der Waals surface area contributed by atoms with Crippen LogP contribution in [0.4, 0.5) is 15.8 Å². The first kappa shape index (κ1) is 16.2. The van der Waals surface area contributed by atoms with Crippen molar-refractivity contribution in [2.45, 2.75) is 12.8 Å². The first-order valence-corrected chi connectivity index (χ1v) is 8.27. The van der Waals surface area contributed by atoms with Crippen molar-refractivity contribution < 1.29 is 14.0 Å². The van der Waals surface area contributed by atoms with E-state index in [1.54, 1.807) is 30.3 Å². The zero-order valence-corrected chi connectivity index (χ0v) is 14.1. The first-order valence-electron chi connectivity index (χ1n) is 8.27. The van der Waals surface area contributed by atoms with Gasteiger partial charge < -0.3 is 10.2 Å². The van der Waals surface area contributed by atoms with E-state index in [0.717, 1.165) is 11.3 Å². The molecule has 1 aromatic heterocycles. The molecule has 2 aromatic carbocycles. The SMILES string of the molecule is CN1C(=O)CCc2cc(NC(=O)c3cncc4ccc(F)cc34)ccc21. The summed E-state index contributed by atoms with van der Waals surface area (Å²) in [6.07, 6.45) is 4.12. The van der Waals surface area contributed by atoms with Gasteiger partial charge in [0.15, 0.2) is 0 Å². The third-order valence-corrected chi connectivity index (χ3v) is 4.65. The van der Waals surface area contributed by atoms with E-state index in [9.17, 15) is 14.0 Å². The Morgan fingerprint density at radius 3 is 2.85 bits per heavy atom. The van der Waals surface area contributed by atoms with Gasteiger partial charge in [0.1, 0.15) is 5.82 Å². The lowest BCUT2D eigenvalue weighted by Crippen LogP contribution is -2.31. The van der Waals surface area contributed by atoms with Crippen molar-refractivity contribution in [1.82, 2.24) is 4.98 Å². The molecule has 130 valence electrons. The van der Waals surface area contributed by atoms with E-state index in [-0.39, 0.29) is 11.8 Å². The van der Waals surface area contributed by atoms with Crippen LogP contribution in [0.5, 0.6) is 0 Å². The molecule has 2 amide bonds. The normalized spacial score (nSPS) is 13.6. The van der Waals surface area contributed by atoms with Gasteiger partial charge in [0.05, 0.1) is 5.56 Å². The summed E-state index contributed by atoms with van der Waals surface area (Å²) in [5, 5.41) is 4.05. The summed E-state index contributed by atoms with van der Waals surface area (Å²) < 4.78 is 13.6. The first-order chi connectivity index (χ1) is 12.5. The second-order valence-electron chi connectivity index (χ2n) is 6.30. The Kier molecular flexibility index (Phi) is 3.88. The highest BCUT2D eigenvalue weighted by atomic mass is 19.1. The van der Waals surface area contributed by atoms with Gasteiger partial charge in [-0.3, -0.25) is 14.6 Å². The molecule has 26 heavy (non-hydrogen) atoms. The number of halogens is 1. The van der Waals surface area contributed by atoms with Gasteiger partial charge in [0, 0.05) is 48.0 Å². The predicted octanol–water partition coefficient (Wildman–Crippen LogP) is 3.54. The Balaban J connectivity index is 1.65. The van der Waals surface area contributed by atoms with Crippen molar-refractivity contribution in [3.05, 3.63) is 65.7 Å². The van der Waals surface area contributed by atoms with Crippen LogP contribution in [-0.2, 0) is 11.2 Å². The number of fused-ring (bicyclic) bond motifs is 2. The maximum absolute atomic E-state index is 13.6. The van der Waals surface area contributed by atoms with Gasteiger partial charge in [-0.25, -0.2) is 4.39 Å². The number of rotatable bonds is 2. The van der Waals surface area contributed by atoms with Crippen LogP contribution < -0.4 is 10.2 Å². The summed E-state index contributed by atoms with van der Waals surface area (Å²) in [4.78, 5) is 30.2. The number of benzene rings is 2. The van der Waals surface area contributed by atoms with Crippen LogP contribution in [0.25, 0.3) is 10.8 Å². The number of carbonyl (C=O) groups excluding carboxylic acids is 2. The number of amides is 2. The molecule has 0 radical (unpaired) electrons. The standard InChI is InChI=1S/C20H16FN3O2/c1-24-18-6-5-15(8-12(18)3-7-19(24)25)23-20(26)17-11-22-10-13-2-4-14(21)9-16(13)17/h2,4-6,8-11H,3,7H2,1H3,(H,23,26). The van der Waals surface area contributed by atoms with Crippen LogP contribution in [-0.4, -0.2) is 23.8 Å². The van der Waals surface area contributed by atoms with Crippen molar-refractivity contribution in [1.29, 1.82) is 0 Å². The minimum Gasteiger partial charge on any atom is -0.322 e. The Bertz CT molecular complexity index is 1050. The van der Waals surface area contributed by atoms with E-state index in [4.69, 9.17) is 0 Å². The number of hydrogen-bond acceptors (Lipinski definition) is 3. The molecule has 0 atom stereocenters. The van der Waals surface area contributed by atoms with Crippen LogP contribution in [0.1, 0.15) is 22.3 Å². The fraction of sp³-hybridized carbons (Fsp3) is 0.150. The van der Waals surface area contributed by atoms with Crippen LogP contribution in [0.15, 0.2) is 48.8 Å². The zero-order chi connectivity index (χ0) is 18.3. The van der Waals surface area contributed by atoms with E-state index in [1.807, 2.05) is 12.1 Å². The number of carbonyl (C=O) groups is 2. The number of aryl methyl sites for hydroxylation is 1. The van der Waals surface area contributed by atoms with Crippen molar-refractivity contribution in [3.63, 3.8) is 0 Å². The summed E-state index contributed by atoms with van der Waals surface area (Å²) in [6, 6.07) is 9.72. The van der Waals surface area contributed by atoms with E-state index < -0.39 is 5.82 Å². The Morgan fingerprint density at radius 1 is 1.15 bits per heavy atom. The second-order valence-corrected chi connectivity index (χ2v) is 6.30. The van der Waals surface area contributed by atoms with Crippen LogP contribution in [0.3, 0.4) is 0 Å². The minimum absolute atomic E-state index is 0.0816. The highest BCUT2D eigenvalue weighted by molar-refractivity contribution is 6.12. The highest BCUT2D eigenvalue weighted by Gasteiger charge is 2.21. The summed E-state index contributed by atoms with van der Waals surface area (Å²) in [6.45, 7) is 0. The topological polar surface area (TPSA) is 62.3 Å². The summed E-state index contributed by atoms with van der Waals surface area (Å²) in [5.74, 6) is -0.675. The molecule has 0 bridgehead atoms. The third kappa shape index (κ3) is 2.79. The quantitative estimate of drug-likeness (QED) is 0.770. The van der Waals surface area contributed by atoms with Crippen LogP contribution in [0, 0.1) is 5.82 Å². The predicted molar refractivity (Wildman–Crippen MR) is 97.8 cm³/mol. The van der Waals surface area contributed by atoms with E-state index in [2.05, 4.69) is 10.3 Å². The van der Waals surface area contributed by atoms with Gasteiger partial charge >= 0.3 is 0 Å². The fourth-order valence-electron chi connectivity index (χ4n) is 3.25. The Labute approximate surface area is 149 Å². The van der Waals surface area contributed by atoms with Gasteiger partial charge in [-0.05, 0) is 48.4 Å². The summed E-state index contributed by atoms with van der Waals surface area (Å²) in [7, 11) is 1.74. The van der Waals surface area contributed by atoms with Gasteiger partial charge in [0.2, 0.25) is 5.91 Å². The number of nitrogens with zero attached hydrogens (tertiary/aromatic N) is 2. The molecule has 3 aromatic rings. The lowest BCUT2D eigenvalue weighted by Gasteiger charge is -2.26. The Morgan fingerprint density at radius 2 is 2.00 bits per heavy atom. The maximum Gasteiger partial charge on any atom is 0.257 e. The average molecular weight is 349 g/mol. The number of pyridine rings is 1. The molecular formula is C20H16FN3O2. The third-order valence-electron chi connectivity index (χ3n) is 4.65. The molecule has 2 heterocycles. The van der Waals surface area contributed by atoms with Gasteiger partial charge in [-0.2, -0.15) is 0 Å². The number of aromatic nitrogens is 1. The molecule has 0 aliphatic carbocycles. The van der Waals surface area contributed by atoms with Crippen molar-refractivity contribution in [2.24, 2.45) is 0 Å². The molecule has 0 fully saturated rings. The smallest absolute Gasteiger partial charge is 0.257 e. The largest absolute Gasteiger partial charge is 0.322 e. The summed E-state index contributed by atoms with van der Waals surface area (Å²) in [5.41, 5.74) is 2.80. The molecule has 1 aliphatic rings. The van der Waals surface area contributed by atoms with E-state index in [1.165, 1.54) is 18.3 Å². The lowest BCUT2D eigenvalue weighted by molar-refractivity contribution is -0.118. The van der Waals surface area contributed by atoms with Crippen molar-refractivity contribution in [2.75, 3.05) is 17.3 Å². The molecule has 1 aliphatic heterocycles. The maximum atomic E-state index is 13.6. The van der Waals surface area contributed by atoms with Gasteiger partial charge in [-0.15, -0.1) is 0 Å². The lowest BCUT2D eigenvalue weighted by atomic mass is 10.0. The molecular weight excluding hydrogens is 333 g/mol. The van der Waals surface area contributed by atoms with Gasteiger partial charge in [0.25, 0.3) is 5.91 Å². The minimum atomic E-state index is -0.403. The molecule has 0 spiro atoms. The number of anilines is 2. The molecule has 1 N–H and O–H groups in total. The molecule has 0 saturated carbocycles. The summed E-state index contributed by atoms with van der Waals surface area (Å²) >= 11 is 0. The second kappa shape index (κ2) is 6.22. The van der Waals surface area contributed by atoms with E-state index >= 15 is 0 Å². The zero-order valence-electron chi connectivity index (χ0n) is 14.1. The van der Waals surface area contributed by atoms with Gasteiger partial charge in [-0.1, -0.05) is 0 Å². The Hall–Kier alpha value is -3.28. The van der Waals surface area contributed by atoms with Crippen LogP contribution >= 0.6 is 0 Å². The molecule has 0 saturated heterocycles. The van der Waals surface area contributed by atoms with E-state index in [0.29, 0.717) is 34.9 Å². The fourth-order valence-corrected chi connectivity index (χ4v) is 3.25. The monoisotopic (exact) mass is 349 g/mol. The molecule has 5 nitrogen and oxygen atoms in total. The molecule has 4 rings (SSSR count). The van der Waals surface area contributed by atoms with Crippen molar-refractivity contribution in [3.8, 4) is 0 Å². The average Bonchev–Trinajstić information content (AvgIpc) is 2.64. The number of hydrogen-bond donors (Lipinski definition) is 1. The van der Waals surface area contributed by atoms with Crippen LogP contribution in [0.2, 0.25) is 0 Å². The van der Waals surface area contributed by atoms with Crippen molar-refractivity contribution >= 4 is 34.0 Å². The molecule has 0 unspecified atom stereocenters.